The first-order chi connectivity index (χ1) is 13.7. The largest absolute Gasteiger partial charge is 0.320 e. The first kappa shape index (κ1) is 22.0. The summed E-state index contributed by atoms with van der Waals surface area (Å²) < 4.78 is 2.46. The maximum absolute atomic E-state index is 13.1. The predicted molar refractivity (Wildman–Crippen MR) is 121 cm³/mol. The van der Waals surface area contributed by atoms with Gasteiger partial charge in [-0.05, 0) is 62.5 Å². The fourth-order valence-electron chi connectivity index (χ4n) is 2.74. The average molecular weight is 561 g/mol. The fraction of sp³-hybridized carbons (Fsp3) is 0.158. The SMILES string of the molecule is CCC(=O)c1cc(Cl)cc(C)c1NC(=O)c1cc(Br)nn1-c1ncc(Br)cc1Cl. The van der Waals surface area contributed by atoms with Crippen LogP contribution in [0.15, 0.2) is 39.5 Å². The molecule has 0 aliphatic rings. The van der Waals surface area contributed by atoms with Crippen molar-refractivity contribution in [3.8, 4) is 5.82 Å². The van der Waals surface area contributed by atoms with Crippen molar-refractivity contribution in [1.82, 2.24) is 14.8 Å². The number of ketones is 1. The minimum atomic E-state index is -0.473. The number of Topliss-reactive ketones (excluding diaryl/α,β-unsaturated/α-hetero) is 1. The van der Waals surface area contributed by atoms with Gasteiger partial charge < -0.3 is 5.32 Å². The molecule has 0 fully saturated rings. The van der Waals surface area contributed by atoms with Crippen LogP contribution in [0.5, 0.6) is 0 Å². The Morgan fingerprint density at radius 2 is 1.90 bits per heavy atom. The summed E-state index contributed by atoms with van der Waals surface area (Å²) in [7, 11) is 0. The van der Waals surface area contributed by atoms with Crippen LogP contribution in [-0.2, 0) is 0 Å². The van der Waals surface area contributed by atoms with Crippen LogP contribution < -0.4 is 5.32 Å². The number of nitrogens with one attached hydrogen (secondary N) is 1. The Morgan fingerprint density at radius 1 is 1.17 bits per heavy atom. The summed E-state index contributed by atoms with van der Waals surface area (Å²) in [6.45, 7) is 3.52. The Balaban J connectivity index is 2.05. The van der Waals surface area contributed by atoms with Gasteiger partial charge in [-0.25, -0.2) is 9.67 Å². The van der Waals surface area contributed by atoms with Crippen LogP contribution in [0.4, 0.5) is 5.69 Å². The van der Waals surface area contributed by atoms with E-state index >= 15 is 0 Å². The summed E-state index contributed by atoms with van der Waals surface area (Å²) in [5, 5.41) is 7.82. The van der Waals surface area contributed by atoms with Crippen molar-refractivity contribution in [3.63, 3.8) is 0 Å². The number of nitrogens with zero attached hydrogens (tertiary/aromatic N) is 3. The molecule has 0 unspecified atom stereocenters. The van der Waals surface area contributed by atoms with Gasteiger partial charge in [0.25, 0.3) is 5.91 Å². The molecule has 10 heteroatoms. The summed E-state index contributed by atoms with van der Waals surface area (Å²) in [6.07, 6.45) is 1.84. The first-order valence-electron chi connectivity index (χ1n) is 8.43. The zero-order valence-corrected chi connectivity index (χ0v) is 19.9. The van der Waals surface area contributed by atoms with Crippen molar-refractivity contribution in [3.05, 3.63) is 66.4 Å². The molecule has 0 spiro atoms. The van der Waals surface area contributed by atoms with Crippen molar-refractivity contribution in [2.45, 2.75) is 20.3 Å². The van der Waals surface area contributed by atoms with E-state index in [1.807, 2.05) is 0 Å². The third kappa shape index (κ3) is 4.71. The molecule has 1 N–H and O–H groups in total. The number of rotatable bonds is 5. The van der Waals surface area contributed by atoms with E-state index in [-0.39, 0.29) is 17.9 Å². The highest BCUT2D eigenvalue weighted by Crippen LogP contribution is 2.29. The van der Waals surface area contributed by atoms with Crippen molar-refractivity contribution < 1.29 is 9.59 Å². The second kappa shape index (κ2) is 8.95. The number of hydrogen-bond acceptors (Lipinski definition) is 4. The fourth-order valence-corrected chi connectivity index (χ4v) is 4.09. The quantitative estimate of drug-likeness (QED) is 0.374. The lowest BCUT2D eigenvalue weighted by atomic mass is 10.0. The number of anilines is 1. The number of benzene rings is 1. The molecule has 0 aliphatic carbocycles. The normalized spacial score (nSPS) is 10.8. The highest BCUT2D eigenvalue weighted by Gasteiger charge is 2.22. The molecule has 1 amide bonds. The minimum Gasteiger partial charge on any atom is -0.320 e. The van der Waals surface area contributed by atoms with Gasteiger partial charge in [0.2, 0.25) is 0 Å². The van der Waals surface area contributed by atoms with Gasteiger partial charge in [-0.15, -0.1) is 0 Å². The van der Waals surface area contributed by atoms with Crippen LogP contribution in [-0.4, -0.2) is 26.5 Å². The van der Waals surface area contributed by atoms with E-state index in [9.17, 15) is 9.59 Å². The number of hydrogen-bond donors (Lipinski definition) is 1. The van der Waals surface area contributed by atoms with Gasteiger partial charge in [0.15, 0.2) is 11.6 Å². The third-order valence-electron chi connectivity index (χ3n) is 4.06. The number of carbonyl (C=O) groups is 2. The molecule has 0 bridgehead atoms. The van der Waals surface area contributed by atoms with Gasteiger partial charge in [-0.3, -0.25) is 9.59 Å². The smallest absolute Gasteiger partial charge is 0.274 e. The standard InChI is InChI=1S/C19H14Br2Cl2N4O2/c1-3-15(28)12-6-11(22)4-9(2)17(12)25-19(29)14-7-16(21)26-27(14)18-13(23)5-10(20)8-24-18/h4-8H,3H2,1-2H3,(H,25,29). The van der Waals surface area contributed by atoms with Crippen LogP contribution >= 0.6 is 55.1 Å². The van der Waals surface area contributed by atoms with Gasteiger partial charge in [0, 0.05) is 33.7 Å². The van der Waals surface area contributed by atoms with E-state index in [4.69, 9.17) is 23.2 Å². The Hall–Kier alpha value is -1.74. The number of amides is 1. The van der Waals surface area contributed by atoms with Crippen molar-refractivity contribution in [2.24, 2.45) is 0 Å². The summed E-state index contributed by atoms with van der Waals surface area (Å²) in [6, 6.07) is 6.44. The Kier molecular flexibility index (Phi) is 6.78. The molecule has 3 rings (SSSR count). The maximum atomic E-state index is 13.1. The number of aromatic nitrogens is 3. The van der Waals surface area contributed by atoms with Gasteiger partial charge >= 0.3 is 0 Å². The monoisotopic (exact) mass is 558 g/mol. The van der Waals surface area contributed by atoms with Crippen LogP contribution in [0.25, 0.3) is 5.82 Å². The van der Waals surface area contributed by atoms with Crippen molar-refractivity contribution >= 4 is 72.4 Å². The highest BCUT2D eigenvalue weighted by atomic mass is 79.9. The van der Waals surface area contributed by atoms with E-state index in [0.29, 0.717) is 41.8 Å². The van der Waals surface area contributed by atoms with Crippen molar-refractivity contribution in [2.75, 3.05) is 5.32 Å². The number of halogens is 4. The van der Waals surface area contributed by atoms with E-state index in [0.717, 1.165) is 0 Å². The maximum Gasteiger partial charge on any atom is 0.274 e. The lowest BCUT2D eigenvalue weighted by Crippen LogP contribution is -2.20. The molecule has 150 valence electrons. The summed E-state index contributed by atoms with van der Waals surface area (Å²) in [5.74, 6) is -0.304. The second-order valence-electron chi connectivity index (χ2n) is 6.10. The first-order valence-corrected chi connectivity index (χ1v) is 10.8. The lowest BCUT2D eigenvalue weighted by Gasteiger charge is -2.14. The predicted octanol–water partition coefficient (Wildman–Crippen LogP) is 6.25. The molecule has 2 heterocycles. The summed E-state index contributed by atoms with van der Waals surface area (Å²) >= 11 is 19.0. The van der Waals surface area contributed by atoms with E-state index in [1.54, 1.807) is 44.3 Å². The molecule has 0 saturated carbocycles. The molecule has 6 nitrogen and oxygen atoms in total. The zero-order valence-electron chi connectivity index (χ0n) is 15.3. The van der Waals surface area contributed by atoms with Crippen molar-refractivity contribution in [1.29, 1.82) is 0 Å². The molecular formula is C19H14Br2Cl2N4O2. The molecule has 0 saturated heterocycles. The Labute approximate surface area is 193 Å². The molecule has 0 atom stereocenters. The summed E-state index contributed by atoms with van der Waals surface area (Å²) in [4.78, 5) is 29.7. The van der Waals surface area contributed by atoms with E-state index in [1.165, 1.54) is 4.68 Å². The van der Waals surface area contributed by atoms with Crippen LogP contribution in [0.2, 0.25) is 10.0 Å². The molecule has 2 aromatic heterocycles. The molecule has 29 heavy (non-hydrogen) atoms. The second-order valence-corrected chi connectivity index (χ2v) is 8.67. The Morgan fingerprint density at radius 3 is 2.55 bits per heavy atom. The van der Waals surface area contributed by atoms with Gasteiger partial charge in [0.05, 0.1) is 10.7 Å². The number of aryl methyl sites for hydroxylation is 1. The molecular weight excluding hydrogens is 547 g/mol. The van der Waals surface area contributed by atoms with Crippen LogP contribution in [0, 0.1) is 6.92 Å². The molecule has 3 aromatic rings. The van der Waals surface area contributed by atoms with Gasteiger partial charge in [0.1, 0.15) is 10.3 Å². The van der Waals surface area contributed by atoms with Crippen LogP contribution in [0.1, 0.15) is 39.8 Å². The van der Waals surface area contributed by atoms with Crippen LogP contribution in [0.3, 0.4) is 0 Å². The zero-order chi connectivity index (χ0) is 21.3. The van der Waals surface area contributed by atoms with E-state index in [2.05, 4.69) is 47.3 Å². The van der Waals surface area contributed by atoms with Gasteiger partial charge in [-0.1, -0.05) is 30.1 Å². The third-order valence-corrected chi connectivity index (χ3v) is 5.38. The van der Waals surface area contributed by atoms with Gasteiger partial charge in [-0.2, -0.15) is 5.10 Å². The molecule has 0 radical (unpaired) electrons. The minimum absolute atomic E-state index is 0.127. The molecule has 0 aliphatic heterocycles. The highest BCUT2D eigenvalue weighted by molar-refractivity contribution is 9.10. The Bertz CT molecular complexity index is 1130. The average Bonchev–Trinajstić information content (AvgIpc) is 3.04. The molecule has 1 aromatic carbocycles. The lowest BCUT2D eigenvalue weighted by molar-refractivity contribution is 0.0989. The van der Waals surface area contributed by atoms with E-state index < -0.39 is 5.91 Å². The topological polar surface area (TPSA) is 76.9 Å². The number of pyridine rings is 1. The summed E-state index contributed by atoms with van der Waals surface area (Å²) in [5.41, 5.74) is 1.63. The number of carbonyl (C=O) groups excluding carboxylic acids is 2.